The predicted octanol–water partition coefficient (Wildman–Crippen LogP) is 0.574. The molecule has 0 unspecified atom stereocenters. The van der Waals surface area contributed by atoms with Crippen LogP contribution in [0.1, 0.15) is 0 Å². The molecule has 0 spiro atoms. The number of ether oxygens (including phenoxy) is 2. The van der Waals surface area contributed by atoms with E-state index in [4.69, 9.17) is 27.4 Å². The molecule has 0 aromatic heterocycles. The number of carbonyl (C=O) groups excluding carboxylic acids is 1. The summed E-state index contributed by atoms with van der Waals surface area (Å²) in [6.07, 6.45) is 0. The third kappa shape index (κ3) is 3.98. The van der Waals surface area contributed by atoms with Gasteiger partial charge in [-0.25, -0.2) is 10.2 Å². The minimum absolute atomic E-state index is 0.167. The topological polar surface area (TPSA) is 97.6 Å². The molecule has 18 heavy (non-hydrogen) atoms. The Morgan fingerprint density at radius 3 is 2.56 bits per heavy atom. The molecule has 0 aliphatic rings. The first-order chi connectivity index (χ1) is 8.56. The highest BCUT2D eigenvalue weighted by molar-refractivity contribution is 7.80. The number of benzene rings is 1. The van der Waals surface area contributed by atoms with E-state index in [2.05, 4.69) is 16.2 Å². The predicted molar refractivity (Wildman–Crippen MR) is 71.6 cm³/mol. The van der Waals surface area contributed by atoms with Crippen molar-refractivity contribution in [1.29, 1.82) is 0 Å². The molecule has 5 N–H and O–H groups in total. The summed E-state index contributed by atoms with van der Waals surface area (Å²) in [6.45, 7) is 0. The number of primary amides is 1. The van der Waals surface area contributed by atoms with Gasteiger partial charge in [-0.1, -0.05) is 0 Å². The number of hydrogen-bond acceptors (Lipinski definition) is 4. The lowest BCUT2D eigenvalue weighted by atomic mass is 10.2. The van der Waals surface area contributed by atoms with Crippen LogP contribution in [-0.4, -0.2) is 25.4 Å². The second-order valence-electron chi connectivity index (χ2n) is 3.13. The Kier molecular flexibility index (Phi) is 5.00. The number of carbonyl (C=O) groups is 1. The molecule has 0 saturated heterocycles. The van der Waals surface area contributed by atoms with Crippen LogP contribution in [0.15, 0.2) is 18.2 Å². The normalized spacial score (nSPS) is 9.22. The molecule has 0 fully saturated rings. The molecular formula is C10H14N4O3S. The lowest BCUT2D eigenvalue weighted by Gasteiger charge is -2.14. The summed E-state index contributed by atoms with van der Waals surface area (Å²) >= 11 is 4.95. The lowest BCUT2D eigenvalue weighted by Crippen LogP contribution is -2.46. The SMILES string of the molecule is COc1ccc(OC)c(NC(=S)NNC(N)=O)c1. The standard InChI is InChI=1S/C10H14N4O3S/c1-16-6-3-4-8(17-2)7(5-6)12-10(18)14-13-9(11)15/h3-5H,1-2H3,(H3,11,13,15)(H2,12,14,18). The molecule has 98 valence electrons. The minimum Gasteiger partial charge on any atom is -0.497 e. The van der Waals surface area contributed by atoms with Gasteiger partial charge in [0.05, 0.1) is 19.9 Å². The van der Waals surface area contributed by atoms with Gasteiger partial charge in [-0.05, 0) is 24.4 Å². The molecule has 2 amide bonds. The van der Waals surface area contributed by atoms with E-state index in [0.29, 0.717) is 17.2 Å². The molecule has 1 aromatic carbocycles. The molecular weight excluding hydrogens is 256 g/mol. The highest BCUT2D eigenvalue weighted by atomic mass is 32.1. The largest absolute Gasteiger partial charge is 0.497 e. The van der Waals surface area contributed by atoms with E-state index in [1.165, 1.54) is 7.11 Å². The third-order valence-corrected chi connectivity index (χ3v) is 2.16. The van der Waals surface area contributed by atoms with E-state index in [1.807, 2.05) is 0 Å². The van der Waals surface area contributed by atoms with Crippen LogP contribution in [0.5, 0.6) is 11.5 Å². The summed E-state index contributed by atoms with van der Waals surface area (Å²) in [7, 11) is 3.09. The first kappa shape index (κ1) is 13.8. The van der Waals surface area contributed by atoms with Crippen molar-refractivity contribution in [3.8, 4) is 11.5 Å². The van der Waals surface area contributed by atoms with Crippen LogP contribution in [0.4, 0.5) is 10.5 Å². The molecule has 0 bridgehead atoms. The maximum atomic E-state index is 10.5. The zero-order valence-electron chi connectivity index (χ0n) is 9.94. The minimum atomic E-state index is -0.739. The van der Waals surface area contributed by atoms with Gasteiger partial charge in [0.15, 0.2) is 5.11 Å². The molecule has 0 saturated carbocycles. The fraction of sp³-hybridized carbons (Fsp3) is 0.200. The van der Waals surface area contributed by atoms with Gasteiger partial charge in [0.1, 0.15) is 11.5 Å². The van der Waals surface area contributed by atoms with Crippen molar-refractivity contribution < 1.29 is 14.3 Å². The number of nitrogens with one attached hydrogen (secondary N) is 3. The first-order valence-corrected chi connectivity index (χ1v) is 5.32. The molecule has 0 heterocycles. The van der Waals surface area contributed by atoms with Crippen LogP contribution in [0.3, 0.4) is 0 Å². The Balaban J connectivity index is 2.75. The smallest absolute Gasteiger partial charge is 0.330 e. The van der Waals surface area contributed by atoms with E-state index >= 15 is 0 Å². The van der Waals surface area contributed by atoms with E-state index in [0.717, 1.165) is 0 Å². The maximum Gasteiger partial charge on any atom is 0.330 e. The molecule has 7 nitrogen and oxygen atoms in total. The van der Waals surface area contributed by atoms with E-state index < -0.39 is 6.03 Å². The number of hydrazine groups is 1. The maximum absolute atomic E-state index is 10.5. The van der Waals surface area contributed by atoms with Crippen LogP contribution in [0.25, 0.3) is 0 Å². The summed E-state index contributed by atoms with van der Waals surface area (Å²) in [5.41, 5.74) is 10.1. The Morgan fingerprint density at radius 1 is 1.28 bits per heavy atom. The van der Waals surface area contributed by atoms with Gasteiger partial charge in [-0.3, -0.25) is 5.43 Å². The molecule has 0 radical (unpaired) electrons. The van der Waals surface area contributed by atoms with Crippen molar-refractivity contribution in [1.82, 2.24) is 10.9 Å². The number of methoxy groups -OCH3 is 2. The van der Waals surface area contributed by atoms with Crippen molar-refractivity contribution in [2.24, 2.45) is 5.73 Å². The van der Waals surface area contributed by atoms with Gasteiger partial charge in [-0.15, -0.1) is 0 Å². The van der Waals surface area contributed by atoms with E-state index in [1.54, 1.807) is 25.3 Å². The van der Waals surface area contributed by atoms with Crippen LogP contribution < -0.4 is 31.4 Å². The summed E-state index contributed by atoms with van der Waals surface area (Å²) in [5, 5.41) is 3.00. The van der Waals surface area contributed by atoms with Crippen molar-refractivity contribution in [3.63, 3.8) is 0 Å². The van der Waals surface area contributed by atoms with Crippen molar-refractivity contribution in [2.75, 3.05) is 19.5 Å². The van der Waals surface area contributed by atoms with E-state index in [9.17, 15) is 4.79 Å². The van der Waals surface area contributed by atoms with Crippen LogP contribution in [-0.2, 0) is 0 Å². The number of rotatable bonds is 3. The molecule has 1 rings (SSSR count). The lowest BCUT2D eigenvalue weighted by molar-refractivity contribution is 0.247. The average Bonchev–Trinajstić information content (AvgIpc) is 2.36. The second kappa shape index (κ2) is 6.50. The number of amides is 2. The van der Waals surface area contributed by atoms with Crippen molar-refractivity contribution in [3.05, 3.63) is 18.2 Å². The second-order valence-corrected chi connectivity index (χ2v) is 3.54. The highest BCUT2D eigenvalue weighted by Gasteiger charge is 2.06. The number of nitrogens with two attached hydrogens (primary N) is 1. The number of urea groups is 1. The third-order valence-electron chi connectivity index (χ3n) is 1.95. The Bertz CT molecular complexity index is 453. The summed E-state index contributed by atoms with van der Waals surface area (Å²) in [6, 6.07) is 4.45. The van der Waals surface area contributed by atoms with E-state index in [-0.39, 0.29) is 5.11 Å². The first-order valence-electron chi connectivity index (χ1n) is 4.91. The quantitative estimate of drug-likeness (QED) is 0.473. The fourth-order valence-corrected chi connectivity index (χ4v) is 1.34. The Morgan fingerprint density at radius 2 is 2.00 bits per heavy atom. The molecule has 8 heteroatoms. The monoisotopic (exact) mass is 270 g/mol. The number of anilines is 1. The van der Waals surface area contributed by atoms with Crippen LogP contribution in [0.2, 0.25) is 0 Å². The van der Waals surface area contributed by atoms with Crippen molar-refractivity contribution >= 4 is 29.0 Å². The summed E-state index contributed by atoms with van der Waals surface area (Å²) < 4.78 is 10.2. The molecule has 1 aromatic rings. The number of hydrogen-bond donors (Lipinski definition) is 4. The summed E-state index contributed by atoms with van der Waals surface area (Å²) in [5.74, 6) is 1.22. The number of thiocarbonyl (C=S) groups is 1. The van der Waals surface area contributed by atoms with Crippen LogP contribution >= 0.6 is 12.2 Å². The Labute approximate surface area is 110 Å². The van der Waals surface area contributed by atoms with Crippen molar-refractivity contribution in [2.45, 2.75) is 0 Å². The van der Waals surface area contributed by atoms with Gasteiger partial charge in [-0.2, -0.15) is 0 Å². The fourth-order valence-electron chi connectivity index (χ4n) is 1.18. The van der Waals surface area contributed by atoms with Crippen LogP contribution in [0, 0.1) is 0 Å². The van der Waals surface area contributed by atoms with Gasteiger partial charge >= 0.3 is 6.03 Å². The van der Waals surface area contributed by atoms with Gasteiger partial charge in [0.2, 0.25) is 0 Å². The average molecular weight is 270 g/mol. The van der Waals surface area contributed by atoms with Gasteiger partial charge < -0.3 is 20.5 Å². The van der Waals surface area contributed by atoms with Gasteiger partial charge in [0.25, 0.3) is 0 Å². The van der Waals surface area contributed by atoms with Gasteiger partial charge in [0, 0.05) is 6.07 Å². The zero-order chi connectivity index (χ0) is 13.5. The highest BCUT2D eigenvalue weighted by Crippen LogP contribution is 2.28. The molecule has 0 aliphatic carbocycles. The zero-order valence-corrected chi connectivity index (χ0v) is 10.8. The Hall–Kier alpha value is -2.22. The molecule has 0 aliphatic heterocycles. The summed E-state index contributed by atoms with van der Waals surface area (Å²) in [4.78, 5) is 10.5. The molecule has 0 atom stereocenters.